The Morgan fingerprint density at radius 2 is 2.29 bits per heavy atom. The predicted octanol–water partition coefficient (Wildman–Crippen LogP) is 0.641. The fraction of sp³-hybridized carbons (Fsp3) is 0.538. The van der Waals surface area contributed by atoms with Crippen molar-refractivity contribution in [3.05, 3.63) is 24.0 Å². The van der Waals surface area contributed by atoms with E-state index in [0.717, 1.165) is 12.8 Å². The van der Waals surface area contributed by atoms with Gasteiger partial charge in [-0.1, -0.05) is 12.2 Å². The van der Waals surface area contributed by atoms with Crippen molar-refractivity contribution < 1.29 is 13.5 Å². The molecule has 21 heavy (non-hydrogen) atoms. The molecular weight excluding hydrogens is 310 g/mol. The number of nitrogens with zero attached hydrogens (tertiary/aromatic N) is 2. The van der Waals surface area contributed by atoms with Gasteiger partial charge in [0.15, 0.2) is 0 Å². The highest BCUT2D eigenvalue weighted by molar-refractivity contribution is 7.89. The normalized spacial score (nSPS) is 19.8. The Balaban J connectivity index is 2.22. The second-order valence-corrected chi connectivity index (χ2v) is 7.35. The van der Waals surface area contributed by atoms with Crippen molar-refractivity contribution in [2.45, 2.75) is 36.6 Å². The molecule has 0 spiro atoms. The van der Waals surface area contributed by atoms with Gasteiger partial charge >= 0.3 is 0 Å². The summed E-state index contributed by atoms with van der Waals surface area (Å²) in [6.45, 7) is 0.587. The van der Waals surface area contributed by atoms with Crippen LogP contribution in [0.2, 0.25) is 0 Å². The number of thiocarbonyl (C=S) groups is 1. The molecule has 116 valence electrons. The van der Waals surface area contributed by atoms with Gasteiger partial charge in [-0.2, -0.15) is 4.31 Å². The van der Waals surface area contributed by atoms with Gasteiger partial charge < -0.3 is 10.8 Å². The van der Waals surface area contributed by atoms with E-state index in [0.29, 0.717) is 25.1 Å². The molecule has 2 heterocycles. The zero-order chi connectivity index (χ0) is 15.5. The van der Waals surface area contributed by atoms with E-state index in [4.69, 9.17) is 23.1 Å². The van der Waals surface area contributed by atoms with Crippen LogP contribution in [-0.2, 0) is 10.0 Å². The van der Waals surface area contributed by atoms with E-state index in [1.54, 1.807) is 0 Å². The Hall–Kier alpha value is -1.09. The summed E-state index contributed by atoms with van der Waals surface area (Å²) in [7, 11) is -3.56. The van der Waals surface area contributed by atoms with Crippen molar-refractivity contribution in [2.75, 3.05) is 13.2 Å². The van der Waals surface area contributed by atoms with Crippen LogP contribution in [0.4, 0.5) is 0 Å². The molecule has 1 fully saturated rings. The van der Waals surface area contributed by atoms with Crippen molar-refractivity contribution >= 4 is 27.2 Å². The van der Waals surface area contributed by atoms with Gasteiger partial charge in [0.05, 0.1) is 5.69 Å². The van der Waals surface area contributed by atoms with Crippen LogP contribution in [-0.4, -0.2) is 47.0 Å². The number of aliphatic hydroxyl groups is 1. The lowest BCUT2D eigenvalue weighted by atomic mass is 10.1. The standard InChI is InChI=1S/C13H19N3O3S2/c14-13(20)12-6-5-11(9-15-12)21(18,19)16-7-1-3-10(16)4-2-8-17/h5-6,9-10,17H,1-4,7-8H2,(H2,14,20). The van der Waals surface area contributed by atoms with Gasteiger partial charge in [-0.05, 0) is 37.8 Å². The lowest BCUT2D eigenvalue weighted by Gasteiger charge is -2.23. The van der Waals surface area contributed by atoms with Crippen molar-refractivity contribution in [2.24, 2.45) is 5.73 Å². The third-order valence-electron chi connectivity index (χ3n) is 3.61. The number of nitrogens with two attached hydrogens (primary N) is 1. The van der Waals surface area contributed by atoms with Crippen molar-refractivity contribution in [3.8, 4) is 0 Å². The Bertz CT molecular complexity index is 602. The highest BCUT2D eigenvalue weighted by Crippen LogP contribution is 2.28. The molecule has 1 unspecified atom stereocenters. The maximum Gasteiger partial charge on any atom is 0.244 e. The molecule has 2 rings (SSSR count). The zero-order valence-electron chi connectivity index (χ0n) is 11.6. The molecule has 1 aromatic rings. The molecule has 0 aliphatic carbocycles. The minimum absolute atomic E-state index is 0.0441. The molecular formula is C13H19N3O3S2. The topological polar surface area (TPSA) is 96.5 Å². The van der Waals surface area contributed by atoms with Crippen LogP contribution in [0.3, 0.4) is 0 Å². The van der Waals surface area contributed by atoms with Crippen molar-refractivity contribution in [3.63, 3.8) is 0 Å². The van der Waals surface area contributed by atoms with Crippen LogP contribution in [0.5, 0.6) is 0 Å². The van der Waals surface area contributed by atoms with E-state index in [1.165, 1.54) is 22.6 Å². The highest BCUT2D eigenvalue weighted by Gasteiger charge is 2.34. The third-order valence-corrected chi connectivity index (χ3v) is 5.76. The number of aliphatic hydroxyl groups excluding tert-OH is 1. The fourth-order valence-electron chi connectivity index (χ4n) is 2.56. The van der Waals surface area contributed by atoms with Gasteiger partial charge in [-0.3, -0.25) is 4.98 Å². The Morgan fingerprint density at radius 3 is 2.86 bits per heavy atom. The number of sulfonamides is 1. The minimum Gasteiger partial charge on any atom is -0.396 e. The Kier molecular flexibility index (Phi) is 5.26. The summed E-state index contributed by atoms with van der Waals surface area (Å²) in [4.78, 5) is 4.28. The van der Waals surface area contributed by atoms with Gasteiger partial charge in [0, 0.05) is 25.4 Å². The fourth-order valence-corrected chi connectivity index (χ4v) is 4.35. The van der Waals surface area contributed by atoms with E-state index in [2.05, 4.69) is 4.98 Å². The van der Waals surface area contributed by atoms with E-state index in [9.17, 15) is 8.42 Å². The lowest BCUT2D eigenvalue weighted by molar-refractivity contribution is 0.264. The first-order chi connectivity index (χ1) is 9.96. The smallest absolute Gasteiger partial charge is 0.244 e. The molecule has 0 saturated carbocycles. The number of hydrogen-bond acceptors (Lipinski definition) is 5. The molecule has 3 N–H and O–H groups in total. The van der Waals surface area contributed by atoms with Crippen LogP contribution in [0.25, 0.3) is 0 Å². The number of hydrogen-bond donors (Lipinski definition) is 2. The van der Waals surface area contributed by atoms with Gasteiger partial charge in [0.1, 0.15) is 9.88 Å². The first-order valence-corrected chi connectivity index (χ1v) is 8.70. The Morgan fingerprint density at radius 1 is 1.52 bits per heavy atom. The molecule has 1 aliphatic rings. The summed E-state index contributed by atoms with van der Waals surface area (Å²) in [5.41, 5.74) is 5.86. The van der Waals surface area contributed by atoms with Gasteiger partial charge in [-0.15, -0.1) is 0 Å². The van der Waals surface area contributed by atoms with E-state index in [1.807, 2.05) is 0 Å². The van der Waals surface area contributed by atoms with Crippen molar-refractivity contribution in [1.82, 2.24) is 9.29 Å². The lowest BCUT2D eigenvalue weighted by Crippen LogP contribution is -2.35. The highest BCUT2D eigenvalue weighted by atomic mass is 32.2. The quantitative estimate of drug-likeness (QED) is 0.744. The van der Waals surface area contributed by atoms with Crippen molar-refractivity contribution in [1.29, 1.82) is 0 Å². The predicted molar refractivity (Wildman–Crippen MR) is 83.4 cm³/mol. The molecule has 8 heteroatoms. The molecule has 1 saturated heterocycles. The monoisotopic (exact) mass is 329 g/mol. The molecule has 1 aliphatic heterocycles. The average Bonchev–Trinajstić information content (AvgIpc) is 2.94. The van der Waals surface area contributed by atoms with Crippen LogP contribution >= 0.6 is 12.2 Å². The zero-order valence-corrected chi connectivity index (χ0v) is 13.2. The maximum atomic E-state index is 12.6. The van der Waals surface area contributed by atoms with E-state index >= 15 is 0 Å². The molecule has 0 amide bonds. The maximum absolute atomic E-state index is 12.6. The SMILES string of the molecule is NC(=S)c1ccc(S(=O)(=O)N2CCCC2CCCO)cn1. The molecule has 0 aromatic carbocycles. The number of pyridine rings is 1. The van der Waals surface area contributed by atoms with E-state index in [-0.39, 0.29) is 22.5 Å². The van der Waals surface area contributed by atoms with Gasteiger partial charge in [-0.25, -0.2) is 8.42 Å². The minimum atomic E-state index is -3.56. The summed E-state index contributed by atoms with van der Waals surface area (Å²) >= 11 is 4.80. The molecule has 6 nitrogen and oxygen atoms in total. The second kappa shape index (κ2) is 6.78. The largest absolute Gasteiger partial charge is 0.396 e. The second-order valence-electron chi connectivity index (χ2n) is 5.02. The summed E-state index contributed by atoms with van der Waals surface area (Å²) in [5.74, 6) is 0. The summed E-state index contributed by atoms with van der Waals surface area (Å²) < 4.78 is 26.8. The molecule has 0 radical (unpaired) electrons. The van der Waals surface area contributed by atoms with Crippen LogP contribution < -0.4 is 5.73 Å². The number of rotatable bonds is 6. The molecule has 1 atom stereocenters. The summed E-state index contributed by atoms with van der Waals surface area (Å²) in [6, 6.07) is 2.96. The molecule has 1 aromatic heterocycles. The van der Waals surface area contributed by atoms with E-state index < -0.39 is 10.0 Å². The number of aromatic nitrogens is 1. The van der Waals surface area contributed by atoms with Crippen LogP contribution in [0, 0.1) is 0 Å². The summed E-state index contributed by atoms with van der Waals surface area (Å²) in [6.07, 6.45) is 4.25. The van der Waals surface area contributed by atoms with Crippen LogP contribution in [0.1, 0.15) is 31.4 Å². The molecule has 0 bridgehead atoms. The Labute approximate surface area is 130 Å². The third kappa shape index (κ3) is 3.57. The van der Waals surface area contributed by atoms with Crippen LogP contribution in [0.15, 0.2) is 23.2 Å². The van der Waals surface area contributed by atoms with Gasteiger partial charge in [0.25, 0.3) is 0 Å². The first kappa shape index (κ1) is 16.3. The average molecular weight is 329 g/mol. The summed E-state index contributed by atoms with van der Waals surface area (Å²) in [5, 5.41) is 8.91. The van der Waals surface area contributed by atoms with Gasteiger partial charge in [0.2, 0.25) is 10.0 Å². The first-order valence-electron chi connectivity index (χ1n) is 6.85.